The van der Waals surface area contributed by atoms with E-state index in [2.05, 4.69) is 17.0 Å². The Bertz CT molecular complexity index is 753. The van der Waals surface area contributed by atoms with E-state index in [4.69, 9.17) is 5.26 Å². The molecule has 1 saturated heterocycles. The monoisotopic (exact) mass is 307 g/mol. The zero-order valence-electron chi connectivity index (χ0n) is 12.7. The fourth-order valence-corrected chi connectivity index (χ4v) is 3.22. The minimum atomic E-state index is -0.396. The number of anilines is 1. The molecule has 1 heterocycles. The predicted molar refractivity (Wildman–Crippen MR) is 88.2 cm³/mol. The third-order valence-electron chi connectivity index (χ3n) is 4.30. The Kier molecular flexibility index (Phi) is 4.24. The molecule has 2 aromatic rings. The van der Waals surface area contributed by atoms with Gasteiger partial charge in [-0.15, -0.1) is 0 Å². The Labute approximate surface area is 134 Å². The highest BCUT2D eigenvalue weighted by atomic mass is 16.6. The maximum atomic E-state index is 11.4. The van der Waals surface area contributed by atoms with Crippen LogP contribution in [-0.2, 0) is 0 Å². The van der Waals surface area contributed by atoms with Crippen molar-refractivity contribution in [3.05, 3.63) is 69.8 Å². The number of rotatable bonds is 3. The van der Waals surface area contributed by atoms with E-state index in [-0.39, 0.29) is 11.7 Å². The minimum Gasteiger partial charge on any atom is -0.359 e. The summed E-state index contributed by atoms with van der Waals surface area (Å²) in [5.74, 6) is 0. The summed E-state index contributed by atoms with van der Waals surface area (Å²) >= 11 is 0. The summed E-state index contributed by atoms with van der Waals surface area (Å²) in [7, 11) is 0. The summed E-state index contributed by atoms with van der Waals surface area (Å²) in [5, 5.41) is 20.4. The van der Waals surface area contributed by atoms with Crippen LogP contribution in [0.5, 0.6) is 0 Å². The molecule has 5 nitrogen and oxygen atoms in total. The summed E-state index contributed by atoms with van der Waals surface area (Å²) < 4.78 is 0. The number of piperidine rings is 1. The zero-order chi connectivity index (χ0) is 16.2. The lowest BCUT2D eigenvalue weighted by molar-refractivity contribution is -0.384. The minimum absolute atomic E-state index is 0.00637. The highest BCUT2D eigenvalue weighted by molar-refractivity contribution is 5.66. The van der Waals surface area contributed by atoms with Crippen LogP contribution in [0.15, 0.2) is 48.5 Å². The van der Waals surface area contributed by atoms with Crippen LogP contribution in [0.25, 0.3) is 0 Å². The number of nitro groups is 1. The smallest absolute Gasteiger partial charge is 0.293 e. The molecule has 0 spiro atoms. The number of benzene rings is 2. The molecule has 116 valence electrons. The van der Waals surface area contributed by atoms with Crippen LogP contribution in [0.2, 0.25) is 0 Å². The van der Waals surface area contributed by atoms with Crippen LogP contribution in [0.3, 0.4) is 0 Å². The summed E-state index contributed by atoms with van der Waals surface area (Å²) in [5.41, 5.74) is 2.09. The van der Waals surface area contributed by atoms with Crippen molar-refractivity contribution in [3.8, 4) is 6.07 Å². The quantitative estimate of drug-likeness (QED) is 0.629. The highest BCUT2D eigenvalue weighted by Gasteiger charge is 2.29. The topological polar surface area (TPSA) is 70.2 Å². The Morgan fingerprint density at radius 1 is 1.17 bits per heavy atom. The van der Waals surface area contributed by atoms with Crippen LogP contribution in [-0.4, -0.2) is 11.5 Å². The van der Waals surface area contributed by atoms with Crippen molar-refractivity contribution in [2.24, 2.45) is 0 Å². The fraction of sp³-hybridized carbons (Fsp3) is 0.278. The SMILES string of the molecule is N#Cc1ccc(N2CCCCC2c2ccccc2)c([N+](=O)[O-])c1. The van der Waals surface area contributed by atoms with E-state index >= 15 is 0 Å². The number of nitriles is 1. The van der Waals surface area contributed by atoms with Gasteiger partial charge in [0.15, 0.2) is 0 Å². The van der Waals surface area contributed by atoms with Gasteiger partial charge < -0.3 is 4.90 Å². The molecule has 1 atom stereocenters. The number of nitrogens with zero attached hydrogens (tertiary/aromatic N) is 3. The number of nitro benzene ring substituents is 1. The fourth-order valence-electron chi connectivity index (χ4n) is 3.22. The molecule has 0 radical (unpaired) electrons. The maximum Gasteiger partial charge on any atom is 0.293 e. The zero-order valence-corrected chi connectivity index (χ0v) is 12.7. The Hall–Kier alpha value is -2.87. The Morgan fingerprint density at radius 2 is 1.96 bits per heavy atom. The summed E-state index contributed by atoms with van der Waals surface area (Å²) in [4.78, 5) is 13.2. The molecule has 0 aliphatic carbocycles. The van der Waals surface area contributed by atoms with Gasteiger partial charge in [-0.25, -0.2) is 0 Å². The second-order valence-corrected chi connectivity index (χ2v) is 5.69. The molecule has 5 heteroatoms. The molecule has 1 aliphatic rings. The first kappa shape index (κ1) is 15.0. The van der Waals surface area contributed by atoms with Crippen LogP contribution in [0, 0.1) is 21.4 Å². The van der Waals surface area contributed by atoms with Crippen LogP contribution < -0.4 is 4.90 Å². The summed E-state index contributed by atoms with van der Waals surface area (Å²) in [6.07, 6.45) is 3.10. The van der Waals surface area contributed by atoms with Gasteiger partial charge in [-0.05, 0) is 37.0 Å². The van der Waals surface area contributed by atoms with Crippen molar-refractivity contribution in [2.75, 3.05) is 11.4 Å². The lowest BCUT2D eigenvalue weighted by Gasteiger charge is -2.37. The van der Waals surface area contributed by atoms with Crippen molar-refractivity contribution in [1.29, 1.82) is 5.26 Å². The molecule has 23 heavy (non-hydrogen) atoms. The first-order valence-corrected chi connectivity index (χ1v) is 7.71. The average Bonchev–Trinajstić information content (AvgIpc) is 2.62. The van der Waals surface area contributed by atoms with Gasteiger partial charge in [0.2, 0.25) is 0 Å². The van der Waals surface area contributed by atoms with Crippen molar-refractivity contribution >= 4 is 11.4 Å². The second-order valence-electron chi connectivity index (χ2n) is 5.69. The molecular formula is C18H17N3O2. The average molecular weight is 307 g/mol. The van der Waals surface area contributed by atoms with Gasteiger partial charge in [0.05, 0.1) is 22.6 Å². The first-order valence-electron chi connectivity index (χ1n) is 7.71. The molecular weight excluding hydrogens is 290 g/mol. The summed E-state index contributed by atoms with van der Waals surface area (Å²) in [6, 6.07) is 16.9. The van der Waals surface area contributed by atoms with Gasteiger partial charge in [-0.2, -0.15) is 5.26 Å². The van der Waals surface area contributed by atoms with Gasteiger partial charge in [0.1, 0.15) is 5.69 Å². The molecule has 0 bridgehead atoms. The van der Waals surface area contributed by atoms with Crippen LogP contribution >= 0.6 is 0 Å². The molecule has 1 aliphatic heterocycles. The van der Waals surface area contributed by atoms with E-state index in [9.17, 15) is 10.1 Å². The molecule has 0 amide bonds. The predicted octanol–water partition coefficient (Wildman–Crippen LogP) is 4.20. The Balaban J connectivity index is 2.05. The maximum absolute atomic E-state index is 11.4. The van der Waals surface area contributed by atoms with E-state index in [0.29, 0.717) is 11.3 Å². The lowest BCUT2D eigenvalue weighted by atomic mass is 9.94. The molecule has 1 fully saturated rings. The largest absolute Gasteiger partial charge is 0.359 e. The van der Waals surface area contributed by atoms with Crippen molar-refractivity contribution in [1.82, 2.24) is 0 Å². The van der Waals surface area contributed by atoms with Gasteiger partial charge in [0.25, 0.3) is 5.69 Å². The number of hydrogen-bond donors (Lipinski definition) is 0. The van der Waals surface area contributed by atoms with E-state index in [0.717, 1.165) is 25.8 Å². The van der Waals surface area contributed by atoms with Crippen LogP contribution in [0.4, 0.5) is 11.4 Å². The third kappa shape index (κ3) is 3.02. The van der Waals surface area contributed by atoms with Crippen LogP contribution in [0.1, 0.15) is 36.4 Å². The standard InChI is InChI=1S/C18H17N3O2/c19-13-14-9-10-17(18(12-14)21(22)23)20-11-5-4-8-16(20)15-6-2-1-3-7-15/h1-3,6-7,9-10,12,16H,4-5,8,11H2. The summed E-state index contributed by atoms with van der Waals surface area (Å²) in [6.45, 7) is 0.784. The van der Waals surface area contributed by atoms with Crippen molar-refractivity contribution < 1.29 is 4.92 Å². The van der Waals surface area contributed by atoms with E-state index in [1.165, 1.54) is 11.6 Å². The molecule has 3 rings (SSSR count). The van der Waals surface area contributed by atoms with Crippen molar-refractivity contribution in [3.63, 3.8) is 0 Å². The molecule has 0 saturated carbocycles. The highest BCUT2D eigenvalue weighted by Crippen LogP contribution is 2.39. The normalized spacial score (nSPS) is 17.5. The van der Waals surface area contributed by atoms with Gasteiger partial charge >= 0.3 is 0 Å². The molecule has 0 aromatic heterocycles. The number of hydrogen-bond acceptors (Lipinski definition) is 4. The van der Waals surface area contributed by atoms with Gasteiger partial charge in [-0.1, -0.05) is 30.3 Å². The van der Waals surface area contributed by atoms with Crippen molar-refractivity contribution in [2.45, 2.75) is 25.3 Å². The first-order chi connectivity index (χ1) is 11.2. The molecule has 0 N–H and O–H groups in total. The molecule has 2 aromatic carbocycles. The van der Waals surface area contributed by atoms with E-state index < -0.39 is 4.92 Å². The molecule has 1 unspecified atom stereocenters. The lowest BCUT2D eigenvalue weighted by Crippen LogP contribution is -2.33. The third-order valence-corrected chi connectivity index (χ3v) is 4.30. The second kappa shape index (κ2) is 6.49. The van der Waals surface area contributed by atoms with E-state index in [1.807, 2.05) is 24.3 Å². The van der Waals surface area contributed by atoms with Gasteiger partial charge in [-0.3, -0.25) is 10.1 Å². The van der Waals surface area contributed by atoms with Gasteiger partial charge in [0, 0.05) is 12.6 Å². The van der Waals surface area contributed by atoms with E-state index in [1.54, 1.807) is 12.1 Å². The Morgan fingerprint density at radius 3 is 2.65 bits per heavy atom.